The first kappa shape index (κ1) is 13.5. The number of hydrogen-bond donors (Lipinski definition) is 2. The molecule has 0 fully saturated rings. The highest BCUT2D eigenvalue weighted by Crippen LogP contribution is 2.18. The fourth-order valence-corrected chi connectivity index (χ4v) is 2.42. The third-order valence-corrected chi connectivity index (χ3v) is 3.46. The highest BCUT2D eigenvalue weighted by atomic mass is 15.3. The molecule has 110 valence electrons. The Balaban J connectivity index is 1.61. The van der Waals surface area contributed by atoms with E-state index >= 15 is 0 Å². The highest BCUT2D eigenvalue weighted by Gasteiger charge is 2.08. The van der Waals surface area contributed by atoms with Crippen molar-refractivity contribution in [1.82, 2.24) is 29.9 Å². The topological polar surface area (TPSA) is 84.3 Å². The molecule has 0 aliphatic rings. The summed E-state index contributed by atoms with van der Waals surface area (Å²) >= 11 is 0. The van der Waals surface area contributed by atoms with Crippen LogP contribution in [-0.2, 0) is 6.54 Å². The minimum Gasteiger partial charge on any atom is -0.368 e. The van der Waals surface area contributed by atoms with Crippen LogP contribution in [0.4, 0.5) is 5.82 Å². The summed E-state index contributed by atoms with van der Waals surface area (Å²) in [4.78, 5) is 8.49. The molecule has 0 aliphatic heterocycles. The van der Waals surface area contributed by atoms with Crippen LogP contribution in [-0.4, -0.2) is 36.5 Å². The van der Waals surface area contributed by atoms with E-state index in [1.807, 2.05) is 18.5 Å². The predicted octanol–water partition coefficient (Wildman–Crippen LogP) is 1.98. The van der Waals surface area contributed by atoms with Crippen molar-refractivity contribution in [3.05, 3.63) is 29.5 Å². The lowest BCUT2D eigenvalue weighted by Crippen LogP contribution is -2.10. The Hall–Kier alpha value is -2.44. The molecule has 21 heavy (non-hydrogen) atoms. The molecule has 0 spiro atoms. The molecule has 3 heterocycles. The smallest absolute Gasteiger partial charge is 0.157 e. The molecule has 0 amide bonds. The molecule has 7 heteroatoms. The van der Waals surface area contributed by atoms with Crippen LogP contribution in [0, 0.1) is 20.8 Å². The van der Waals surface area contributed by atoms with Gasteiger partial charge in [0.15, 0.2) is 11.3 Å². The van der Waals surface area contributed by atoms with E-state index in [0.717, 1.165) is 47.7 Å². The molecule has 0 radical (unpaired) electrons. The lowest BCUT2D eigenvalue weighted by molar-refractivity contribution is 0.573. The van der Waals surface area contributed by atoms with Gasteiger partial charge in [-0.25, -0.2) is 9.97 Å². The van der Waals surface area contributed by atoms with E-state index < -0.39 is 0 Å². The number of rotatable bonds is 5. The van der Waals surface area contributed by atoms with Crippen molar-refractivity contribution in [2.75, 3.05) is 11.9 Å². The molecule has 0 aromatic carbocycles. The van der Waals surface area contributed by atoms with Crippen LogP contribution in [0.3, 0.4) is 0 Å². The van der Waals surface area contributed by atoms with Gasteiger partial charge in [0, 0.05) is 18.8 Å². The summed E-state index contributed by atoms with van der Waals surface area (Å²) in [6, 6.07) is 2.09. The second-order valence-electron chi connectivity index (χ2n) is 5.20. The molecule has 3 rings (SSSR count). The second-order valence-corrected chi connectivity index (χ2v) is 5.20. The maximum absolute atomic E-state index is 4.45. The van der Waals surface area contributed by atoms with Gasteiger partial charge in [0.05, 0.1) is 11.4 Å². The lowest BCUT2D eigenvalue weighted by atomic mass is 10.3. The summed E-state index contributed by atoms with van der Waals surface area (Å²) in [5.41, 5.74) is 4.87. The number of aromatic amines is 1. The van der Waals surface area contributed by atoms with E-state index in [1.54, 1.807) is 6.33 Å². The predicted molar refractivity (Wildman–Crippen MR) is 81.2 cm³/mol. The summed E-state index contributed by atoms with van der Waals surface area (Å²) in [5.74, 6) is 0.776. The van der Waals surface area contributed by atoms with E-state index in [1.165, 1.54) is 5.69 Å². The average molecular weight is 285 g/mol. The standard InChI is InChI=1S/C14H19N7/c1-9-7-10(2)21(20-9)6-4-5-15-14-13-12(16-8-17-14)11(3)18-19-13/h7-8H,4-6H2,1-3H3,(H,18,19)(H,15,16,17). The Labute approximate surface area is 122 Å². The number of H-pyrrole nitrogens is 1. The molecule has 0 aliphatic carbocycles. The second kappa shape index (κ2) is 5.51. The van der Waals surface area contributed by atoms with Gasteiger partial charge in [-0.3, -0.25) is 9.78 Å². The molecule has 3 aromatic heterocycles. The molecule has 0 atom stereocenters. The Morgan fingerprint density at radius 1 is 1.19 bits per heavy atom. The average Bonchev–Trinajstić information content (AvgIpc) is 2.99. The van der Waals surface area contributed by atoms with Crippen LogP contribution in [0.5, 0.6) is 0 Å². The van der Waals surface area contributed by atoms with Crippen molar-refractivity contribution in [3.8, 4) is 0 Å². The van der Waals surface area contributed by atoms with Crippen molar-refractivity contribution in [3.63, 3.8) is 0 Å². The van der Waals surface area contributed by atoms with Gasteiger partial charge in [-0.15, -0.1) is 0 Å². The van der Waals surface area contributed by atoms with E-state index in [2.05, 4.69) is 43.6 Å². The van der Waals surface area contributed by atoms with Crippen LogP contribution in [0.1, 0.15) is 23.5 Å². The van der Waals surface area contributed by atoms with Gasteiger partial charge in [-0.2, -0.15) is 10.2 Å². The van der Waals surface area contributed by atoms with Gasteiger partial charge in [0.1, 0.15) is 11.8 Å². The van der Waals surface area contributed by atoms with Crippen molar-refractivity contribution in [2.24, 2.45) is 0 Å². The molecule has 0 bridgehead atoms. The highest BCUT2D eigenvalue weighted by molar-refractivity contribution is 5.86. The van der Waals surface area contributed by atoms with Gasteiger partial charge in [-0.1, -0.05) is 0 Å². The molecule has 0 unspecified atom stereocenters. The SMILES string of the molecule is Cc1cc(C)n(CCCNc2ncnc3c(C)[nH]nc23)n1. The number of aryl methyl sites for hydroxylation is 4. The third-order valence-electron chi connectivity index (χ3n) is 3.46. The zero-order chi connectivity index (χ0) is 14.8. The Kier molecular flexibility index (Phi) is 3.55. The first-order valence-electron chi connectivity index (χ1n) is 7.06. The first-order valence-corrected chi connectivity index (χ1v) is 7.06. The van der Waals surface area contributed by atoms with E-state index in [4.69, 9.17) is 0 Å². The van der Waals surface area contributed by atoms with E-state index in [-0.39, 0.29) is 0 Å². The maximum atomic E-state index is 4.45. The van der Waals surface area contributed by atoms with Crippen LogP contribution in [0.25, 0.3) is 11.0 Å². The summed E-state index contributed by atoms with van der Waals surface area (Å²) in [6.07, 6.45) is 2.53. The van der Waals surface area contributed by atoms with Crippen LogP contribution in [0.2, 0.25) is 0 Å². The van der Waals surface area contributed by atoms with Gasteiger partial charge in [0.25, 0.3) is 0 Å². The fourth-order valence-electron chi connectivity index (χ4n) is 2.42. The maximum Gasteiger partial charge on any atom is 0.157 e. The molecule has 2 N–H and O–H groups in total. The summed E-state index contributed by atoms with van der Waals surface area (Å²) < 4.78 is 2.03. The number of hydrogen-bond acceptors (Lipinski definition) is 5. The summed E-state index contributed by atoms with van der Waals surface area (Å²) in [6.45, 7) is 7.75. The van der Waals surface area contributed by atoms with Gasteiger partial charge < -0.3 is 5.32 Å². The van der Waals surface area contributed by atoms with Crippen LogP contribution >= 0.6 is 0 Å². The first-order chi connectivity index (χ1) is 10.1. The molecule has 0 saturated heterocycles. The minimum absolute atomic E-state index is 0.776. The third kappa shape index (κ3) is 2.72. The number of nitrogens with one attached hydrogen (secondary N) is 2. The van der Waals surface area contributed by atoms with Crippen molar-refractivity contribution in [2.45, 2.75) is 33.7 Å². The van der Waals surface area contributed by atoms with E-state index in [0.29, 0.717) is 0 Å². The molecule has 0 saturated carbocycles. The zero-order valence-corrected chi connectivity index (χ0v) is 12.5. The lowest BCUT2D eigenvalue weighted by Gasteiger charge is -2.07. The van der Waals surface area contributed by atoms with Crippen LogP contribution in [0.15, 0.2) is 12.4 Å². The van der Waals surface area contributed by atoms with Gasteiger partial charge >= 0.3 is 0 Å². The number of nitrogens with zero attached hydrogens (tertiary/aromatic N) is 5. The van der Waals surface area contributed by atoms with Crippen LogP contribution < -0.4 is 5.32 Å². The van der Waals surface area contributed by atoms with Crippen molar-refractivity contribution in [1.29, 1.82) is 0 Å². The van der Waals surface area contributed by atoms with Gasteiger partial charge in [-0.05, 0) is 33.3 Å². The minimum atomic E-state index is 0.776. The number of anilines is 1. The monoisotopic (exact) mass is 285 g/mol. The Bertz CT molecular complexity index is 756. The molecule has 7 nitrogen and oxygen atoms in total. The normalized spacial score (nSPS) is 11.2. The largest absolute Gasteiger partial charge is 0.368 e. The Morgan fingerprint density at radius 3 is 2.81 bits per heavy atom. The summed E-state index contributed by atoms with van der Waals surface area (Å²) in [7, 11) is 0. The van der Waals surface area contributed by atoms with Crippen molar-refractivity contribution < 1.29 is 0 Å². The van der Waals surface area contributed by atoms with Gasteiger partial charge in [0.2, 0.25) is 0 Å². The molecular formula is C14H19N7. The summed E-state index contributed by atoms with van der Waals surface area (Å²) in [5, 5.41) is 15.0. The molecular weight excluding hydrogens is 266 g/mol. The number of aromatic nitrogens is 6. The quantitative estimate of drug-likeness (QED) is 0.700. The number of fused-ring (bicyclic) bond motifs is 1. The van der Waals surface area contributed by atoms with Crippen molar-refractivity contribution >= 4 is 16.9 Å². The van der Waals surface area contributed by atoms with E-state index in [9.17, 15) is 0 Å². The Morgan fingerprint density at radius 2 is 2.05 bits per heavy atom. The molecule has 3 aromatic rings. The fraction of sp³-hybridized carbons (Fsp3) is 0.429. The zero-order valence-electron chi connectivity index (χ0n) is 12.5.